The molecule has 1 aromatic rings. The SMILES string of the molecule is CC(NC(=O)NCC1(C(=O)O)CCCC1)c1nncn1C. The van der Waals surface area contributed by atoms with Crippen molar-refractivity contribution in [1.82, 2.24) is 25.4 Å². The molecule has 1 heterocycles. The third kappa shape index (κ3) is 3.32. The molecule has 1 unspecified atom stereocenters. The van der Waals surface area contributed by atoms with Crippen LogP contribution in [0.5, 0.6) is 0 Å². The summed E-state index contributed by atoms with van der Waals surface area (Å²) in [6, 6.07) is -0.695. The molecule has 1 fully saturated rings. The number of aryl methyl sites for hydroxylation is 1. The summed E-state index contributed by atoms with van der Waals surface area (Å²) in [7, 11) is 1.80. The Labute approximate surface area is 122 Å². The molecule has 0 spiro atoms. The molecule has 0 bridgehead atoms. The predicted molar refractivity (Wildman–Crippen MR) is 74.5 cm³/mol. The lowest BCUT2D eigenvalue weighted by Crippen LogP contribution is -2.45. The van der Waals surface area contributed by atoms with Gasteiger partial charge in [-0.15, -0.1) is 10.2 Å². The molecule has 0 aromatic carbocycles. The van der Waals surface area contributed by atoms with Gasteiger partial charge in [0.25, 0.3) is 0 Å². The Morgan fingerprint density at radius 2 is 2.14 bits per heavy atom. The van der Waals surface area contributed by atoms with Gasteiger partial charge in [0.05, 0.1) is 11.5 Å². The van der Waals surface area contributed by atoms with E-state index in [2.05, 4.69) is 20.8 Å². The molecule has 21 heavy (non-hydrogen) atoms. The molecule has 8 heteroatoms. The Morgan fingerprint density at radius 1 is 1.48 bits per heavy atom. The summed E-state index contributed by atoms with van der Waals surface area (Å²) in [5, 5.41) is 22.4. The van der Waals surface area contributed by atoms with Crippen molar-refractivity contribution < 1.29 is 14.7 Å². The molecule has 2 amide bonds. The Morgan fingerprint density at radius 3 is 2.67 bits per heavy atom. The van der Waals surface area contributed by atoms with Gasteiger partial charge in [-0.1, -0.05) is 12.8 Å². The molecule has 0 aliphatic heterocycles. The van der Waals surface area contributed by atoms with E-state index in [1.807, 2.05) is 0 Å². The molecule has 2 rings (SSSR count). The van der Waals surface area contributed by atoms with Gasteiger partial charge in [0.2, 0.25) is 0 Å². The van der Waals surface area contributed by atoms with Crippen LogP contribution in [0.4, 0.5) is 4.79 Å². The molecule has 1 saturated carbocycles. The zero-order chi connectivity index (χ0) is 15.5. The molecule has 0 saturated heterocycles. The van der Waals surface area contributed by atoms with Crippen LogP contribution in [-0.4, -0.2) is 38.4 Å². The maximum Gasteiger partial charge on any atom is 0.315 e. The lowest BCUT2D eigenvalue weighted by Gasteiger charge is -2.24. The van der Waals surface area contributed by atoms with Gasteiger partial charge in [0, 0.05) is 13.6 Å². The average molecular weight is 295 g/mol. The number of carbonyl (C=O) groups excluding carboxylic acids is 1. The molecular formula is C13H21N5O3. The molecule has 1 atom stereocenters. The average Bonchev–Trinajstić information content (AvgIpc) is 3.05. The molecule has 8 nitrogen and oxygen atoms in total. The molecule has 1 aliphatic rings. The van der Waals surface area contributed by atoms with Crippen LogP contribution in [-0.2, 0) is 11.8 Å². The summed E-state index contributed by atoms with van der Waals surface area (Å²) in [5.41, 5.74) is -0.814. The fourth-order valence-electron chi connectivity index (χ4n) is 2.76. The van der Waals surface area contributed by atoms with E-state index in [1.54, 1.807) is 24.9 Å². The summed E-state index contributed by atoms with van der Waals surface area (Å²) in [4.78, 5) is 23.3. The van der Waals surface area contributed by atoms with Gasteiger partial charge in [-0.2, -0.15) is 0 Å². The summed E-state index contributed by atoms with van der Waals surface area (Å²) >= 11 is 0. The second-order valence-corrected chi connectivity index (χ2v) is 5.64. The summed E-state index contributed by atoms with van der Waals surface area (Å²) in [6.45, 7) is 1.95. The number of rotatable bonds is 5. The third-order valence-corrected chi connectivity index (χ3v) is 4.08. The summed E-state index contributed by atoms with van der Waals surface area (Å²) in [5.74, 6) is -0.194. The Hall–Kier alpha value is -2.12. The minimum atomic E-state index is -0.832. The predicted octanol–water partition coefficient (Wildman–Crippen LogP) is 0.820. The Kier molecular flexibility index (Phi) is 4.44. The van der Waals surface area contributed by atoms with E-state index in [-0.39, 0.29) is 12.6 Å². The van der Waals surface area contributed by atoms with Crippen molar-refractivity contribution in [1.29, 1.82) is 0 Å². The van der Waals surface area contributed by atoms with E-state index < -0.39 is 17.4 Å². The first-order valence-corrected chi connectivity index (χ1v) is 7.06. The molecule has 3 N–H and O–H groups in total. The standard InChI is InChI=1S/C13H21N5O3/c1-9(10-17-15-8-18(10)2)16-12(21)14-7-13(11(19)20)5-3-4-6-13/h8-9H,3-7H2,1-2H3,(H,19,20)(H2,14,16,21). The van der Waals surface area contributed by atoms with Crippen molar-refractivity contribution in [3.8, 4) is 0 Å². The zero-order valence-electron chi connectivity index (χ0n) is 12.3. The largest absolute Gasteiger partial charge is 0.481 e. The van der Waals surface area contributed by atoms with Gasteiger partial charge in [-0.05, 0) is 19.8 Å². The van der Waals surface area contributed by atoms with E-state index in [0.29, 0.717) is 18.7 Å². The van der Waals surface area contributed by atoms with Crippen molar-refractivity contribution in [3.63, 3.8) is 0 Å². The first-order valence-electron chi connectivity index (χ1n) is 7.06. The van der Waals surface area contributed by atoms with Crippen LogP contribution in [0.1, 0.15) is 44.5 Å². The molecule has 1 aliphatic carbocycles. The van der Waals surface area contributed by atoms with Gasteiger partial charge in [-0.25, -0.2) is 4.79 Å². The number of nitrogens with zero attached hydrogens (tertiary/aromatic N) is 3. The number of hydrogen-bond acceptors (Lipinski definition) is 4. The number of carboxylic acid groups (broad SMARTS) is 1. The maximum absolute atomic E-state index is 11.9. The summed E-state index contributed by atoms with van der Waals surface area (Å²) in [6.07, 6.45) is 4.57. The van der Waals surface area contributed by atoms with Gasteiger partial charge >= 0.3 is 12.0 Å². The smallest absolute Gasteiger partial charge is 0.315 e. The number of carboxylic acids is 1. The summed E-state index contributed by atoms with van der Waals surface area (Å²) < 4.78 is 1.72. The van der Waals surface area contributed by atoms with Crippen molar-refractivity contribution in [2.45, 2.75) is 38.6 Å². The zero-order valence-corrected chi connectivity index (χ0v) is 12.3. The van der Waals surface area contributed by atoms with Crippen molar-refractivity contribution >= 4 is 12.0 Å². The number of amides is 2. The van der Waals surface area contributed by atoms with Crippen LogP contribution in [0.3, 0.4) is 0 Å². The van der Waals surface area contributed by atoms with Crippen LogP contribution in [0.15, 0.2) is 6.33 Å². The fourth-order valence-corrected chi connectivity index (χ4v) is 2.76. The highest BCUT2D eigenvalue weighted by atomic mass is 16.4. The monoisotopic (exact) mass is 295 g/mol. The third-order valence-electron chi connectivity index (χ3n) is 4.08. The van der Waals surface area contributed by atoms with E-state index in [1.165, 1.54) is 0 Å². The molecule has 1 aromatic heterocycles. The van der Waals surface area contributed by atoms with Crippen LogP contribution in [0, 0.1) is 5.41 Å². The minimum Gasteiger partial charge on any atom is -0.481 e. The highest BCUT2D eigenvalue weighted by Gasteiger charge is 2.41. The fraction of sp³-hybridized carbons (Fsp3) is 0.692. The number of carbonyl (C=O) groups is 2. The van der Waals surface area contributed by atoms with E-state index in [9.17, 15) is 14.7 Å². The first-order chi connectivity index (χ1) is 9.94. The van der Waals surface area contributed by atoms with Gasteiger partial charge in [0.1, 0.15) is 6.33 Å². The van der Waals surface area contributed by atoms with E-state index in [0.717, 1.165) is 12.8 Å². The number of nitrogens with one attached hydrogen (secondary N) is 2. The maximum atomic E-state index is 11.9. The van der Waals surface area contributed by atoms with Crippen LogP contribution >= 0.6 is 0 Å². The number of aromatic nitrogens is 3. The van der Waals surface area contributed by atoms with Crippen LogP contribution < -0.4 is 10.6 Å². The van der Waals surface area contributed by atoms with Gasteiger partial charge in [0.15, 0.2) is 5.82 Å². The quantitative estimate of drug-likeness (QED) is 0.745. The van der Waals surface area contributed by atoms with E-state index >= 15 is 0 Å². The first kappa shape index (κ1) is 15.3. The van der Waals surface area contributed by atoms with Crippen LogP contribution in [0.2, 0.25) is 0 Å². The topological polar surface area (TPSA) is 109 Å². The highest BCUT2D eigenvalue weighted by Crippen LogP contribution is 2.37. The number of hydrogen-bond donors (Lipinski definition) is 3. The lowest BCUT2D eigenvalue weighted by molar-refractivity contribution is -0.148. The minimum absolute atomic E-state index is 0.152. The van der Waals surface area contributed by atoms with Crippen molar-refractivity contribution in [2.24, 2.45) is 12.5 Å². The Bertz CT molecular complexity index is 522. The van der Waals surface area contributed by atoms with E-state index in [4.69, 9.17) is 0 Å². The highest BCUT2D eigenvalue weighted by molar-refractivity contribution is 5.78. The lowest BCUT2D eigenvalue weighted by atomic mass is 9.86. The normalized spacial score (nSPS) is 18.2. The van der Waals surface area contributed by atoms with Crippen molar-refractivity contribution in [3.05, 3.63) is 12.2 Å². The van der Waals surface area contributed by atoms with Gasteiger partial charge < -0.3 is 20.3 Å². The van der Waals surface area contributed by atoms with Crippen molar-refractivity contribution in [2.75, 3.05) is 6.54 Å². The molecule has 116 valence electrons. The molecule has 0 radical (unpaired) electrons. The number of aliphatic carboxylic acids is 1. The van der Waals surface area contributed by atoms with Crippen LogP contribution in [0.25, 0.3) is 0 Å². The second-order valence-electron chi connectivity index (χ2n) is 5.64. The Balaban J connectivity index is 1.87. The van der Waals surface area contributed by atoms with Gasteiger partial charge in [-0.3, -0.25) is 4.79 Å². The molecular weight excluding hydrogens is 274 g/mol. The second kappa shape index (κ2) is 6.11. The number of urea groups is 1.